The minimum atomic E-state index is -2.80. The Balaban J connectivity index is 2.38. The van der Waals surface area contributed by atoms with Crippen LogP contribution in [0.4, 0.5) is 10.2 Å². The zero-order chi connectivity index (χ0) is 18.8. The third-order valence-electron chi connectivity index (χ3n) is 3.70. The summed E-state index contributed by atoms with van der Waals surface area (Å²) in [7, 11) is 0. The molecule has 0 spiro atoms. The number of rotatable bonds is 5. The molecule has 136 valence electrons. The fourth-order valence-electron chi connectivity index (χ4n) is 2.28. The molecule has 0 amide bonds. The third kappa shape index (κ3) is 3.27. The van der Waals surface area contributed by atoms with Gasteiger partial charge in [0.2, 0.25) is 11.5 Å². The van der Waals surface area contributed by atoms with Crippen LogP contribution in [0.15, 0.2) is 22.2 Å². The van der Waals surface area contributed by atoms with Gasteiger partial charge in [0.1, 0.15) is 25.1 Å². The molecule has 12 heteroatoms. The second-order valence-electron chi connectivity index (χ2n) is 5.81. The van der Waals surface area contributed by atoms with Crippen LogP contribution in [0, 0.1) is 5.92 Å². The Bertz CT molecular complexity index is 778. The van der Waals surface area contributed by atoms with Gasteiger partial charge in [0.25, 0.3) is 0 Å². The molecule has 1 aliphatic heterocycles. The predicted octanol–water partition coefficient (Wildman–Crippen LogP) is 0.0447. The summed E-state index contributed by atoms with van der Waals surface area (Å²) < 4.78 is 25.8. The SMILES string of the molecule is CC(C)C(=O)OC[C@@]1(N=[N+]=[N-])OC[C@](F)(n2ccc(N)nc2=O)[C@@H]1O. The number of alkyl halides is 1. The molecular formula is C13H17FN6O5. The second kappa shape index (κ2) is 6.67. The van der Waals surface area contributed by atoms with E-state index in [0.29, 0.717) is 4.57 Å². The Morgan fingerprint density at radius 3 is 3.00 bits per heavy atom. The lowest BCUT2D eigenvalue weighted by molar-refractivity contribution is -0.162. The van der Waals surface area contributed by atoms with E-state index in [1.165, 1.54) is 0 Å². The van der Waals surface area contributed by atoms with E-state index in [1.54, 1.807) is 13.8 Å². The summed E-state index contributed by atoms with van der Waals surface area (Å²) in [6.45, 7) is 1.57. The van der Waals surface area contributed by atoms with E-state index in [-0.39, 0.29) is 5.82 Å². The average Bonchev–Trinajstić information content (AvgIpc) is 2.79. The van der Waals surface area contributed by atoms with E-state index in [9.17, 15) is 14.7 Å². The first-order chi connectivity index (χ1) is 11.7. The van der Waals surface area contributed by atoms with Crippen LogP contribution in [-0.4, -0.2) is 45.7 Å². The maximum atomic E-state index is 15.3. The largest absolute Gasteiger partial charge is 0.462 e. The van der Waals surface area contributed by atoms with E-state index in [0.717, 1.165) is 12.3 Å². The van der Waals surface area contributed by atoms with Gasteiger partial charge in [-0.1, -0.05) is 19.0 Å². The molecule has 25 heavy (non-hydrogen) atoms. The van der Waals surface area contributed by atoms with Crippen LogP contribution in [-0.2, 0) is 20.1 Å². The molecule has 11 nitrogen and oxygen atoms in total. The molecule has 1 aromatic rings. The molecule has 2 rings (SSSR count). The van der Waals surface area contributed by atoms with Crippen molar-refractivity contribution in [1.29, 1.82) is 0 Å². The number of aromatic nitrogens is 2. The Morgan fingerprint density at radius 2 is 2.44 bits per heavy atom. The smallest absolute Gasteiger partial charge is 0.352 e. The minimum Gasteiger partial charge on any atom is -0.462 e. The summed E-state index contributed by atoms with van der Waals surface area (Å²) in [4.78, 5) is 29.4. The number of hydrogen-bond acceptors (Lipinski definition) is 8. The highest BCUT2D eigenvalue weighted by Gasteiger charge is 2.61. The molecule has 0 aromatic carbocycles. The number of aliphatic hydroxyl groups is 1. The summed E-state index contributed by atoms with van der Waals surface area (Å²) in [5.41, 5.74) is 10.8. The Labute approximate surface area is 140 Å². The van der Waals surface area contributed by atoms with E-state index >= 15 is 4.39 Å². The monoisotopic (exact) mass is 356 g/mol. The van der Waals surface area contributed by atoms with Gasteiger partial charge in [0, 0.05) is 11.1 Å². The number of hydrogen-bond donors (Lipinski definition) is 2. The van der Waals surface area contributed by atoms with Gasteiger partial charge in [0.15, 0.2) is 0 Å². The first kappa shape index (κ1) is 18.6. The first-order valence-electron chi connectivity index (χ1n) is 7.26. The highest BCUT2D eigenvalue weighted by atomic mass is 19.1. The van der Waals surface area contributed by atoms with Crippen molar-refractivity contribution in [2.45, 2.75) is 31.5 Å². The number of carbonyl (C=O) groups excluding carboxylic acids is 1. The van der Waals surface area contributed by atoms with Gasteiger partial charge in [-0.05, 0) is 11.6 Å². The summed E-state index contributed by atoms with van der Waals surface area (Å²) in [6.07, 6.45) is -1.15. The topological polar surface area (TPSA) is 165 Å². The molecule has 0 aliphatic carbocycles. The van der Waals surface area contributed by atoms with Gasteiger partial charge in [-0.2, -0.15) is 4.98 Å². The van der Waals surface area contributed by atoms with Gasteiger partial charge in [-0.3, -0.25) is 9.36 Å². The average molecular weight is 356 g/mol. The number of ether oxygens (including phenoxy) is 2. The van der Waals surface area contributed by atoms with Gasteiger partial charge in [-0.25, -0.2) is 9.18 Å². The van der Waals surface area contributed by atoms with Crippen molar-refractivity contribution in [3.05, 3.63) is 33.2 Å². The van der Waals surface area contributed by atoms with E-state index in [4.69, 9.17) is 20.7 Å². The lowest BCUT2D eigenvalue weighted by Gasteiger charge is -2.30. The molecule has 1 fully saturated rings. The van der Waals surface area contributed by atoms with Crippen LogP contribution in [0.3, 0.4) is 0 Å². The fraction of sp³-hybridized carbons (Fsp3) is 0.615. The van der Waals surface area contributed by atoms with Crippen LogP contribution in [0.2, 0.25) is 0 Å². The number of carbonyl (C=O) groups is 1. The molecule has 0 unspecified atom stereocenters. The summed E-state index contributed by atoms with van der Waals surface area (Å²) >= 11 is 0. The van der Waals surface area contributed by atoms with Crippen molar-refractivity contribution < 1.29 is 23.8 Å². The molecular weight excluding hydrogens is 339 g/mol. The normalized spacial score (nSPS) is 28.6. The van der Waals surface area contributed by atoms with Crippen LogP contribution >= 0.6 is 0 Å². The number of nitrogen functional groups attached to an aromatic ring is 1. The Hall–Kier alpha value is -2.69. The van der Waals surface area contributed by atoms with Crippen molar-refractivity contribution in [2.24, 2.45) is 11.0 Å². The maximum absolute atomic E-state index is 15.3. The molecule has 1 aliphatic rings. The van der Waals surface area contributed by atoms with Crippen LogP contribution in [0.5, 0.6) is 0 Å². The standard InChI is InChI=1S/C13H17FN6O5/c1-7(2)9(21)24-6-13(18-19-16)10(22)12(14,5-25-13)20-4-3-8(15)17-11(20)23/h3-4,7,10,22H,5-6H2,1-2H3,(H2,15,17,23)/t10-,12-,13+/m0/s1. The maximum Gasteiger partial charge on any atom is 0.352 e. The summed E-state index contributed by atoms with van der Waals surface area (Å²) in [6, 6.07) is 1.15. The second-order valence-corrected chi connectivity index (χ2v) is 5.81. The van der Waals surface area contributed by atoms with Crippen molar-refractivity contribution in [2.75, 3.05) is 18.9 Å². The fourth-order valence-corrected chi connectivity index (χ4v) is 2.28. The van der Waals surface area contributed by atoms with E-state index < -0.39 is 48.4 Å². The molecule has 0 saturated carbocycles. The highest BCUT2D eigenvalue weighted by Crippen LogP contribution is 2.40. The molecule has 0 radical (unpaired) electrons. The van der Waals surface area contributed by atoms with Crippen molar-refractivity contribution >= 4 is 11.8 Å². The van der Waals surface area contributed by atoms with Crippen LogP contribution in [0.25, 0.3) is 10.4 Å². The number of esters is 1. The van der Waals surface area contributed by atoms with Gasteiger partial charge in [0.05, 0.1) is 5.92 Å². The first-order valence-corrected chi connectivity index (χ1v) is 7.26. The van der Waals surface area contributed by atoms with Gasteiger partial charge < -0.3 is 20.3 Å². The number of halogens is 1. The molecule has 1 aromatic heterocycles. The molecule has 3 atom stereocenters. The number of nitrogens with two attached hydrogens (primary N) is 1. The molecule has 1 saturated heterocycles. The zero-order valence-electron chi connectivity index (χ0n) is 13.5. The molecule has 0 bridgehead atoms. The van der Waals surface area contributed by atoms with E-state index in [1.807, 2.05) is 0 Å². The summed E-state index contributed by atoms with van der Waals surface area (Å²) in [5.74, 6) is -4.09. The Morgan fingerprint density at radius 1 is 1.76 bits per heavy atom. The lowest BCUT2D eigenvalue weighted by Crippen LogP contribution is -2.53. The number of azide groups is 1. The van der Waals surface area contributed by atoms with Crippen molar-refractivity contribution in [1.82, 2.24) is 9.55 Å². The van der Waals surface area contributed by atoms with Gasteiger partial charge in [-0.15, -0.1) is 0 Å². The van der Waals surface area contributed by atoms with Gasteiger partial charge >= 0.3 is 11.7 Å². The molecule has 2 heterocycles. The molecule has 3 N–H and O–H groups in total. The zero-order valence-corrected chi connectivity index (χ0v) is 13.5. The van der Waals surface area contributed by atoms with Crippen molar-refractivity contribution in [3.8, 4) is 0 Å². The minimum absolute atomic E-state index is 0.134. The number of anilines is 1. The number of aliphatic hydroxyl groups excluding tert-OH is 1. The highest BCUT2D eigenvalue weighted by molar-refractivity contribution is 5.71. The quantitative estimate of drug-likeness (QED) is 0.325. The van der Waals surface area contributed by atoms with E-state index in [2.05, 4.69) is 15.0 Å². The number of nitrogens with zero attached hydrogens (tertiary/aromatic N) is 5. The van der Waals surface area contributed by atoms with Crippen LogP contribution < -0.4 is 11.4 Å². The lowest BCUT2D eigenvalue weighted by atomic mass is 10.0. The Kier molecular flexibility index (Phi) is 4.97. The predicted molar refractivity (Wildman–Crippen MR) is 81.6 cm³/mol. The summed E-state index contributed by atoms with van der Waals surface area (Å²) in [5, 5.41) is 13.7. The third-order valence-corrected chi connectivity index (χ3v) is 3.70. The van der Waals surface area contributed by atoms with Crippen LogP contribution in [0.1, 0.15) is 13.8 Å². The van der Waals surface area contributed by atoms with Crippen molar-refractivity contribution in [3.63, 3.8) is 0 Å².